The highest BCUT2D eigenvalue weighted by Crippen LogP contribution is 2.22. The maximum atomic E-state index is 12.9. The van der Waals surface area contributed by atoms with Gasteiger partial charge < -0.3 is 25.8 Å². The van der Waals surface area contributed by atoms with E-state index in [0.29, 0.717) is 28.9 Å². The number of nitrogens with one attached hydrogen (secondary N) is 3. The molecule has 1 saturated heterocycles. The summed E-state index contributed by atoms with van der Waals surface area (Å²) in [5, 5.41) is 17.8. The summed E-state index contributed by atoms with van der Waals surface area (Å²) < 4.78 is 0. The van der Waals surface area contributed by atoms with E-state index in [9.17, 15) is 9.59 Å². The van der Waals surface area contributed by atoms with Crippen molar-refractivity contribution in [3.05, 3.63) is 53.6 Å². The Labute approximate surface area is 198 Å². The predicted octanol–water partition coefficient (Wildman–Crippen LogP) is 3.71. The molecule has 3 N–H and O–H groups in total. The summed E-state index contributed by atoms with van der Waals surface area (Å²) in [6.07, 6.45) is 1.84. The molecule has 0 bridgehead atoms. The molecule has 1 aliphatic heterocycles. The molecule has 0 aliphatic carbocycles. The van der Waals surface area contributed by atoms with Crippen LogP contribution in [0.15, 0.2) is 53.5 Å². The van der Waals surface area contributed by atoms with Gasteiger partial charge in [-0.3, -0.25) is 4.79 Å². The van der Waals surface area contributed by atoms with Gasteiger partial charge in [0.15, 0.2) is 0 Å². The first-order valence-electron chi connectivity index (χ1n) is 10.5. The second-order valence-electron chi connectivity index (χ2n) is 7.95. The van der Waals surface area contributed by atoms with E-state index in [-0.39, 0.29) is 11.8 Å². The molecule has 2 aromatic rings. The number of urea groups is 1. The number of rotatable bonds is 6. The van der Waals surface area contributed by atoms with Crippen LogP contribution in [0.5, 0.6) is 0 Å². The fourth-order valence-corrected chi connectivity index (χ4v) is 3.54. The van der Waals surface area contributed by atoms with Crippen molar-refractivity contribution in [3.63, 3.8) is 0 Å². The SMILES string of the molecule is CC(C)[C@@H](NC(=O)Nc1ccc(Cl)cc1)C(=O)Nc1ccc(N2CCN(C)/C2=N\C#N)cc1. The summed E-state index contributed by atoms with van der Waals surface area (Å²) in [6.45, 7) is 5.19. The summed E-state index contributed by atoms with van der Waals surface area (Å²) in [5.74, 6) is 0.131. The van der Waals surface area contributed by atoms with Gasteiger partial charge in [-0.05, 0) is 54.4 Å². The molecular weight excluding hydrogens is 442 g/mol. The van der Waals surface area contributed by atoms with Gasteiger partial charge in [-0.15, -0.1) is 4.99 Å². The molecule has 1 fully saturated rings. The lowest BCUT2D eigenvalue weighted by molar-refractivity contribution is -0.118. The molecule has 33 heavy (non-hydrogen) atoms. The van der Waals surface area contributed by atoms with Crippen LogP contribution in [0.2, 0.25) is 5.02 Å². The summed E-state index contributed by atoms with van der Waals surface area (Å²) >= 11 is 5.86. The number of benzene rings is 2. The number of anilines is 3. The van der Waals surface area contributed by atoms with Crippen LogP contribution in [0.1, 0.15) is 13.8 Å². The van der Waals surface area contributed by atoms with Gasteiger partial charge >= 0.3 is 6.03 Å². The number of guanidine groups is 1. The van der Waals surface area contributed by atoms with Gasteiger partial charge in [0.1, 0.15) is 6.04 Å². The van der Waals surface area contributed by atoms with Crippen LogP contribution in [0.25, 0.3) is 0 Å². The highest BCUT2D eigenvalue weighted by atomic mass is 35.5. The topological polar surface area (TPSA) is 113 Å². The fourth-order valence-electron chi connectivity index (χ4n) is 3.41. The second-order valence-corrected chi connectivity index (χ2v) is 8.38. The van der Waals surface area contributed by atoms with Gasteiger partial charge in [-0.1, -0.05) is 25.4 Å². The van der Waals surface area contributed by atoms with Crippen molar-refractivity contribution >= 4 is 46.6 Å². The number of nitrogens with zero attached hydrogens (tertiary/aromatic N) is 4. The highest BCUT2D eigenvalue weighted by molar-refractivity contribution is 6.30. The number of hydrogen-bond acceptors (Lipinski definition) is 4. The standard InChI is InChI=1S/C23H26ClN7O2/c1-15(2)20(29-22(33)28-18-6-4-16(24)5-7-18)21(32)27-17-8-10-19(11-9-17)31-13-12-30(3)23(31)26-14-25/h4-11,15,20H,12-13H2,1-3H3,(H,27,32)(H2,28,29,33)/b26-23+/t20-/m1/s1. The molecule has 0 saturated carbocycles. The molecule has 10 heteroatoms. The smallest absolute Gasteiger partial charge is 0.319 e. The molecule has 9 nitrogen and oxygen atoms in total. The van der Waals surface area contributed by atoms with Crippen molar-refractivity contribution in [3.8, 4) is 6.19 Å². The Balaban J connectivity index is 1.63. The van der Waals surface area contributed by atoms with E-state index in [2.05, 4.69) is 20.9 Å². The molecule has 2 aromatic carbocycles. The average Bonchev–Trinajstić information content (AvgIpc) is 3.14. The second kappa shape index (κ2) is 10.7. The van der Waals surface area contributed by atoms with Crippen molar-refractivity contribution in [2.75, 3.05) is 35.7 Å². The quantitative estimate of drug-likeness (QED) is 0.560. The van der Waals surface area contributed by atoms with E-state index >= 15 is 0 Å². The zero-order valence-electron chi connectivity index (χ0n) is 18.7. The first kappa shape index (κ1) is 23.9. The van der Waals surface area contributed by atoms with Crippen LogP contribution in [-0.2, 0) is 4.79 Å². The molecule has 3 rings (SSSR count). The van der Waals surface area contributed by atoms with Crippen LogP contribution < -0.4 is 20.9 Å². The zero-order valence-corrected chi connectivity index (χ0v) is 19.4. The van der Waals surface area contributed by atoms with Gasteiger partial charge in [0.2, 0.25) is 18.1 Å². The summed E-state index contributed by atoms with van der Waals surface area (Å²) in [5.41, 5.74) is 2.04. The lowest BCUT2D eigenvalue weighted by Gasteiger charge is -2.22. The van der Waals surface area contributed by atoms with E-state index in [0.717, 1.165) is 12.2 Å². The van der Waals surface area contributed by atoms with Crippen molar-refractivity contribution in [2.45, 2.75) is 19.9 Å². The van der Waals surface area contributed by atoms with Crippen molar-refractivity contribution in [2.24, 2.45) is 10.9 Å². The third-order valence-electron chi connectivity index (χ3n) is 5.18. The molecule has 3 amide bonds. The van der Waals surface area contributed by atoms with Crippen molar-refractivity contribution in [1.29, 1.82) is 5.26 Å². The fraction of sp³-hybridized carbons (Fsp3) is 0.304. The van der Waals surface area contributed by atoms with Gasteiger partial charge in [-0.2, -0.15) is 5.26 Å². The maximum Gasteiger partial charge on any atom is 0.319 e. The Bertz CT molecular complexity index is 1060. The molecular formula is C23H26ClN7O2. The Morgan fingerprint density at radius 1 is 1.03 bits per heavy atom. The molecule has 0 spiro atoms. The molecule has 1 atom stereocenters. The Kier molecular flexibility index (Phi) is 7.74. The minimum absolute atomic E-state index is 0.134. The Morgan fingerprint density at radius 3 is 2.24 bits per heavy atom. The Morgan fingerprint density at radius 2 is 1.64 bits per heavy atom. The number of halogens is 1. The van der Waals surface area contributed by atoms with E-state index in [4.69, 9.17) is 16.9 Å². The summed E-state index contributed by atoms with van der Waals surface area (Å²) in [4.78, 5) is 33.0. The van der Waals surface area contributed by atoms with Crippen molar-refractivity contribution < 1.29 is 9.59 Å². The first-order valence-corrected chi connectivity index (χ1v) is 10.9. The zero-order chi connectivity index (χ0) is 24.0. The van der Waals surface area contributed by atoms with Gasteiger partial charge in [-0.25, -0.2) is 4.79 Å². The molecule has 0 unspecified atom stereocenters. The average molecular weight is 468 g/mol. The lowest BCUT2D eigenvalue weighted by Crippen LogP contribution is -2.48. The normalized spacial score (nSPS) is 15.3. The van der Waals surface area contributed by atoms with Gasteiger partial charge in [0.25, 0.3) is 0 Å². The third kappa shape index (κ3) is 6.14. The van der Waals surface area contributed by atoms with Crippen LogP contribution >= 0.6 is 11.6 Å². The van der Waals surface area contributed by atoms with Crippen LogP contribution in [0, 0.1) is 17.4 Å². The number of nitriles is 1. The van der Waals surface area contributed by atoms with Crippen LogP contribution in [0.4, 0.5) is 21.9 Å². The van der Waals surface area contributed by atoms with Crippen LogP contribution in [-0.4, -0.2) is 49.0 Å². The number of amides is 3. The molecule has 0 aromatic heterocycles. The van der Waals surface area contributed by atoms with E-state index in [1.807, 2.05) is 49.0 Å². The maximum absolute atomic E-state index is 12.9. The number of aliphatic imine (C=N–C) groups is 1. The number of hydrogen-bond donors (Lipinski definition) is 3. The van der Waals surface area contributed by atoms with E-state index in [1.165, 1.54) is 0 Å². The largest absolute Gasteiger partial charge is 0.343 e. The minimum atomic E-state index is -0.737. The molecule has 1 aliphatic rings. The van der Waals surface area contributed by atoms with Gasteiger partial charge in [0.05, 0.1) is 0 Å². The van der Waals surface area contributed by atoms with E-state index < -0.39 is 12.1 Å². The third-order valence-corrected chi connectivity index (χ3v) is 5.43. The van der Waals surface area contributed by atoms with Gasteiger partial charge in [0, 0.05) is 42.2 Å². The van der Waals surface area contributed by atoms with E-state index in [1.54, 1.807) is 36.4 Å². The lowest BCUT2D eigenvalue weighted by atomic mass is 10.0. The minimum Gasteiger partial charge on any atom is -0.343 e. The highest BCUT2D eigenvalue weighted by Gasteiger charge is 2.26. The predicted molar refractivity (Wildman–Crippen MR) is 130 cm³/mol. The Hall–Kier alpha value is -3.77. The summed E-state index contributed by atoms with van der Waals surface area (Å²) in [6, 6.07) is 12.7. The molecule has 1 heterocycles. The monoisotopic (exact) mass is 467 g/mol. The molecule has 0 radical (unpaired) electrons. The first-order chi connectivity index (χ1) is 15.8. The number of likely N-dealkylation sites (N-methyl/N-ethyl adjacent to an activating group) is 1. The number of carbonyl (C=O) groups is 2. The van der Waals surface area contributed by atoms with Crippen LogP contribution in [0.3, 0.4) is 0 Å². The molecule has 172 valence electrons. The van der Waals surface area contributed by atoms with Crippen molar-refractivity contribution in [1.82, 2.24) is 10.2 Å². The number of carbonyl (C=O) groups excluding carboxylic acids is 2. The summed E-state index contributed by atoms with van der Waals surface area (Å²) in [7, 11) is 1.88.